The molecule has 108 valence electrons. The molecule has 0 bridgehead atoms. The van der Waals surface area contributed by atoms with E-state index in [1.165, 1.54) is 6.42 Å². The van der Waals surface area contributed by atoms with Crippen LogP contribution in [0.25, 0.3) is 0 Å². The van der Waals surface area contributed by atoms with Gasteiger partial charge in [-0.1, -0.05) is 19.3 Å². The molecule has 6 heteroatoms. The number of nitrogens with zero attached hydrogens (tertiary/aromatic N) is 2. The van der Waals surface area contributed by atoms with E-state index in [1.807, 2.05) is 13.8 Å². The van der Waals surface area contributed by atoms with Crippen LogP contribution in [0.3, 0.4) is 0 Å². The summed E-state index contributed by atoms with van der Waals surface area (Å²) in [6, 6.07) is 0.0857. The molecule has 0 atom stereocenters. The third-order valence-electron chi connectivity index (χ3n) is 3.81. The Morgan fingerprint density at radius 1 is 1.26 bits per heavy atom. The van der Waals surface area contributed by atoms with Crippen molar-refractivity contribution in [1.82, 2.24) is 14.5 Å². The number of hydrogen-bond donors (Lipinski definition) is 1. The van der Waals surface area contributed by atoms with Crippen LogP contribution in [0.4, 0.5) is 0 Å². The molecule has 19 heavy (non-hydrogen) atoms. The molecule has 0 aliphatic heterocycles. The minimum atomic E-state index is -3.44. The van der Waals surface area contributed by atoms with Gasteiger partial charge in [0, 0.05) is 12.6 Å². The summed E-state index contributed by atoms with van der Waals surface area (Å²) in [6.07, 6.45) is 5.32. The minimum absolute atomic E-state index is 0.0857. The first-order valence-corrected chi connectivity index (χ1v) is 8.50. The Bertz CT molecular complexity index is 542. The van der Waals surface area contributed by atoms with Gasteiger partial charge in [-0.2, -0.15) is 5.10 Å². The molecule has 0 unspecified atom stereocenters. The number of hydrogen-bond acceptors (Lipinski definition) is 3. The number of nitrogens with one attached hydrogen (secondary N) is 1. The van der Waals surface area contributed by atoms with Gasteiger partial charge in [0.05, 0.1) is 11.4 Å². The molecule has 0 spiro atoms. The summed E-state index contributed by atoms with van der Waals surface area (Å²) >= 11 is 0. The minimum Gasteiger partial charge on any atom is -0.268 e. The van der Waals surface area contributed by atoms with E-state index >= 15 is 0 Å². The van der Waals surface area contributed by atoms with E-state index in [4.69, 9.17) is 0 Å². The molecule has 1 saturated carbocycles. The SMILES string of the molecule is CCn1nc(C)c(S(=O)(=O)NC2CCCCC2)c1C. The first-order chi connectivity index (χ1) is 8.95. The van der Waals surface area contributed by atoms with E-state index in [9.17, 15) is 8.42 Å². The molecule has 1 aromatic heterocycles. The third kappa shape index (κ3) is 3.00. The largest absolute Gasteiger partial charge is 0.268 e. The molecule has 0 aromatic carbocycles. The van der Waals surface area contributed by atoms with Gasteiger partial charge in [0.2, 0.25) is 10.0 Å². The lowest BCUT2D eigenvalue weighted by Crippen LogP contribution is -2.36. The van der Waals surface area contributed by atoms with Crippen LogP contribution in [0.15, 0.2) is 4.90 Å². The Morgan fingerprint density at radius 2 is 1.89 bits per heavy atom. The highest BCUT2D eigenvalue weighted by Gasteiger charge is 2.27. The third-order valence-corrected chi connectivity index (χ3v) is 5.58. The van der Waals surface area contributed by atoms with E-state index in [0.717, 1.165) is 31.4 Å². The van der Waals surface area contributed by atoms with Gasteiger partial charge in [-0.15, -0.1) is 0 Å². The smallest absolute Gasteiger partial charge is 0.244 e. The summed E-state index contributed by atoms with van der Waals surface area (Å²) in [5.74, 6) is 0. The van der Waals surface area contributed by atoms with Gasteiger partial charge < -0.3 is 0 Å². The highest BCUT2D eigenvalue weighted by molar-refractivity contribution is 7.89. The van der Waals surface area contributed by atoms with Gasteiger partial charge in [-0.25, -0.2) is 13.1 Å². The molecule has 2 rings (SSSR count). The molecule has 1 aliphatic rings. The van der Waals surface area contributed by atoms with Crippen molar-refractivity contribution >= 4 is 10.0 Å². The second-order valence-corrected chi connectivity index (χ2v) is 6.92. The molecule has 1 fully saturated rings. The van der Waals surface area contributed by atoms with E-state index in [1.54, 1.807) is 11.6 Å². The van der Waals surface area contributed by atoms with Crippen LogP contribution in [0.5, 0.6) is 0 Å². The zero-order valence-corrected chi connectivity index (χ0v) is 12.8. The van der Waals surface area contributed by atoms with E-state index in [-0.39, 0.29) is 6.04 Å². The molecule has 1 aliphatic carbocycles. The molecular formula is C13H23N3O2S. The van der Waals surface area contributed by atoms with Crippen molar-refractivity contribution in [1.29, 1.82) is 0 Å². The first-order valence-electron chi connectivity index (χ1n) is 7.02. The molecular weight excluding hydrogens is 262 g/mol. The number of sulfonamides is 1. The predicted molar refractivity (Wildman–Crippen MR) is 74.6 cm³/mol. The van der Waals surface area contributed by atoms with Gasteiger partial charge in [0.15, 0.2) is 0 Å². The van der Waals surface area contributed by atoms with Crippen molar-refractivity contribution in [2.45, 2.75) is 70.4 Å². The maximum atomic E-state index is 12.5. The Morgan fingerprint density at radius 3 is 2.42 bits per heavy atom. The Hall–Kier alpha value is -0.880. The van der Waals surface area contributed by atoms with Crippen LogP contribution in [0.2, 0.25) is 0 Å². The van der Waals surface area contributed by atoms with Crippen LogP contribution < -0.4 is 4.72 Å². The second kappa shape index (κ2) is 5.63. The molecule has 1 aromatic rings. The fraction of sp³-hybridized carbons (Fsp3) is 0.769. The average molecular weight is 285 g/mol. The van der Waals surface area contributed by atoms with Crippen LogP contribution >= 0.6 is 0 Å². The van der Waals surface area contributed by atoms with Gasteiger partial charge >= 0.3 is 0 Å². The highest BCUT2D eigenvalue weighted by Crippen LogP contribution is 2.23. The molecule has 1 heterocycles. The Kier molecular flexibility index (Phi) is 4.30. The lowest BCUT2D eigenvalue weighted by molar-refractivity contribution is 0.412. The summed E-state index contributed by atoms with van der Waals surface area (Å²) < 4.78 is 29.6. The van der Waals surface area contributed by atoms with Crippen LogP contribution in [-0.4, -0.2) is 24.2 Å². The van der Waals surface area contributed by atoms with Gasteiger partial charge in [0.1, 0.15) is 4.90 Å². The van der Waals surface area contributed by atoms with Crippen molar-refractivity contribution in [2.24, 2.45) is 0 Å². The lowest BCUT2D eigenvalue weighted by atomic mass is 9.96. The van der Waals surface area contributed by atoms with Crippen molar-refractivity contribution < 1.29 is 8.42 Å². The number of aromatic nitrogens is 2. The van der Waals surface area contributed by atoms with Gasteiger partial charge in [-0.3, -0.25) is 4.68 Å². The summed E-state index contributed by atoms with van der Waals surface area (Å²) in [7, 11) is -3.44. The molecule has 1 N–H and O–H groups in total. The monoisotopic (exact) mass is 285 g/mol. The van der Waals surface area contributed by atoms with E-state index in [0.29, 0.717) is 17.1 Å². The molecule has 0 amide bonds. The lowest BCUT2D eigenvalue weighted by Gasteiger charge is -2.22. The maximum absolute atomic E-state index is 12.5. The first kappa shape index (κ1) is 14.5. The fourth-order valence-corrected chi connectivity index (χ4v) is 4.59. The van der Waals surface area contributed by atoms with Crippen LogP contribution in [0.1, 0.15) is 50.4 Å². The van der Waals surface area contributed by atoms with Crippen LogP contribution in [0, 0.1) is 13.8 Å². The molecule has 0 radical (unpaired) electrons. The zero-order chi connectivity index (χ0) is 14.0. The maximum Gasteiger partial charge on any atom is 0.244 e. The van der Waals surface area contributed by atoms with Crippen molar-refractivity contribution in [3.8, 4) is 0 Å². The van der Waals surface area contributed by atoms with Crippen molar-refractivity contribution in [2.75, 3.05) is 0 Å². The normalized spacial score (nSPS) is 17.8. The standard InChI is InChI=1S/C13H23N3O2S/c1-4-16-11(3)13(10(2)14-16)19(17,18)15-12-8-6-5-7-9-12/h12,15H,4-9H2,1-3H3. The zero-order valence-electron chi connectivity index (χ0n) is 11.9. The van der Waals surface area contributed by atoms with E-state index in [2.05, 4.69) is 9.82 Å². The summed E-state index contributed by atoms with van der Waals surface area (Å²) in [6.45, 7) is 6.23. The van der Waals surface area contributed by atoms with Gasteiger partial charge in [0.25, 0.3) is 0 Å². The average Bonchev–Trinajstić information content (AvgIpc) is 2.65. The van der Waals surface area contributed by atoms with Gasteiger partial charge in [-0.05, 0) is 33.6 Å². The van der Waals surface area contributed by atoms with Crippen molar-refractivity contribution in [3.05, 3.63) is 11.4 Å². The molecule has 5 nitrogen and oxygen atoms in total. The van der Waals surface area contributed by atoms with Crippen LogP contribution in [-0.2, 0) is 16.6 Å². The number of rotatable bonds is 4. The highest BCUT2D eigenvalue weighted by atomic mass is 32.2. The summed E-state index contributed by atoms with van der Waals surface area (Å²) in [5.41, 5.74) is 1.31. The van der Waals surface area contributed by atoms with Crippen molar-refractivity contribution in [3.63, 3.8) is 0 Å². The Labute approximate surface area is 115 Å². The second-order valence-electron chi connectivity index (χ2n) is 5.27. The summed E-state index contributed by atoms with van der Waals surface area (Å²) in [4.78, 5) is 0.361. The quantitative estimate of drug-likeness (QED) is 0.921. The predicted octanol–water partition coefficient (Wildman–Crippen LogP) is 2.13. The van der Waals surface area contributed by atoms with E-state index < -0.39 is 10.0 Å². The number of aryl methyl sites for hydroxylation is 2. The molecule has 0 saturated heterocycles. The topological polar surface area (TPSA) is 64.0 Å². The summed E-state index contributed by atoms with van der Waals surface area (Å²) in [5, 5.41) is 4.29. The Balaban J connectivity index is 2.26. The fourth-order valence-electron chi connectivity index (χ4n) is 2.88.